The van der Waals surface area contributed by atoms with Crippen molar-refractivity contribution < 1.29 is 14.1 Å². The van der Waals surface area contributed by atoms with Gasteiger partial charge in [-0.1, -0.05) is 5.16 Å². The van der Waals surface area contributed by atoms with Gasteiger partial charge in [-0.3, -0.25) is 0 Å². The molecule has 1 aromatic heterocycles. The molecular formula is C16H29N5O3. The fourth-order valence-corrected chi connectivity index (χ4v) is 2.93. The van der Waals surface area contributed by atoms with E-state index in [0.29, 0.717) is 17.6 Å². The topological polar surface area (TPSA) is 83.7 Å². The van der Waals surface area contributed by atoms with E-state index in [1.54, 1.807) is 18.9 Å². The van der Waals surface area contributed by atoms with E-state index < -0.39 is 0 Å². The molecule has 1 atom stereocenters. The quantitative estimate of drug-likeness (QED) is 0.809. The maximum Gasteiger partial charge on any atom is 0.317 e. The van der Waals surface area contributed by atoms with Gasteiger partial charge in [-0.25, -0.2) is 4.79 Å². The highest BCUT2D eigenvalue weighted by molar-refractivity contribution is 5.74. The van der Waals surface area contributed by atoms with Crippen LogP contribution in [0.4, 0.5) is 4.79 Å². The second-order valence-corrected chi connectivity index (χ2v) is 6.51. The SMILES string of the molecule is COCCN1CCC(CN(C)C(=O)NC(C)c2nc(C)no2)CC1. The molecule has 1 aliphatic heterocycles. The summed E-state index contributed by atoms with van der Waals surface area (Å²) in [5.74, 6) is 1.54. The van der Waals surface area contributed by atoms with Crippen LogP contribution in [0.3, 0.4) is 0 Å². The van der Waals surface area contributed by atoms with Crippen LogP contribution in [0.1, 0.15) is 37.5 Å². The predicted octanol–water partition coefficient (Wildman–Crippen LogP) is 1.44. The van der Waals surface area contributed by atoms with Crippen molar-refractivity contribution in [3.8, 4) is 0 Å². The van der Waals surface area contributed by atoms with E-state index in [-0.39, 0.29) is 12.1 Å². The number of piperidine rings is 1. The molecule has 1 saturated heterocycles. The number of aromatic nitrogens is 2. The maximum atomic E-state index is 12.3. The number of carbonyl (C=O) groups is 1. The maximum absolute atomic E-state index is 12.3. The van der Waals surface area contributed by atoms with Crippen LogP contribution in [0.25, 0.3) is 0 Å². The highest BCUT2D eigenvalue weighted by Crippen LogP contribution is 2.18. The molecule has 2 amide bonds. The standard InChI is InChI=1S/C16H29N5O3/c1-12(15-18-13(2)19-24-15)17-16(22)20(3)11-14-5-7-21(8-6-14)9-10-23-4/h12,14H,5-11H2,1-4H3,(H,17,22). The first-order valence-corrected chi connectivity index (χ1v) is 8.52. The van der Waals surface area contributed by atoms with E-state index in [2.05, 4.69) is 20.4 Å². The van der Waals surface area contributed by atoms with Gasteiger partial charge in [-0.15, -0.1) is 0 Å². The van der Waals surface area contributed by atoms with Crippen molar-refractivity contribution in [3.05, 3.63) is 11.7 Å². The van der Waals surface area contributed by atoms with Crippen LogP contribution in [-0.4, -0.2) is 72.9 Å². The molecule has 8 nitrogen and oxygen atoms in total. The molecule has 8 heteroatoms. The highest BCUT2D eigenvalue weighted by atomic mass is 16.5. The molecule has 1 fully saturated rings. The second-order valence-electron chi connectivity index (χ2n) is 6.51. The Morgan fingerprint density at radius 3 is 2.79 bits per heavy atom. The highest BCUT2D eigenvalue weighted by Gasteiger charge is 2.23. The third-order valence-corrected chi connectivity index (χ3v) is 4.45. The number of ether oxygens (including phenoxy) is 1. The van der Waals surface area contributed by atoms with Crippen LogP contribution >= 0.6 is 0 Å². The average molecular weight is 339 g/mol. The lowest BCUT2D eigenvalue weighted by molar-refractivity contribution is 0.112. The van der Waals surface area contributed by atoms with Crippen molar-refractivity contribution in [1.82, 2.24) is 25.3 Å². The first-order valence-electron chi connectivity index (χ1n) is 8.52. The molecule has 1 aliphatic rings. The average Bonchev–Trinajstić information content (AvgIpc) is 3.00. The summed E-state index contributed by atoms with van der Waals surface area (Å²) in [6.07, 6.45) is 2.22. The number of amides is 2. The Bertz CT molecular complexity index is 514. The van der Waals surface area contributed by atoms with Crippen LogP contribution in [-0.2, 0) is 4.74 Å². The summed E-state index contributed by atoms with van der Waals surface area (Å²) < 4.78 is 10.2. The van der Waals surface area contributed by atoms with E-state index in [4.69, 9.17) is 9.26 Å². The van der Waals surface area contributed by atoms with E-state index in [1.165, 1.54) is 0 Å². The van der Waals surface area contributed by atoms with Gasteiger partial charge in [0, 0.05) is 27.2 Å². The monoisotopic (exact) mass is 339 g/mol. The molecule has 2 heterocycles. The molecule has 1 N–H and O–H groups in total. The van der Waals surface area contributed by atoms with Gasteiger partial charge in [-0.05, 0) is 45.7 Å². The van der Waals surface area contributed by atoms with Gasteiger partial charge in [0.1, 0.15) is 6.04 Å². The van der Waals surface area contributed by atoms with Crippen LogP contribution in [0.2, 0.25) is 0 Å². The number of likely N-dealkylation sites (tertiary alicyclic amines) is 1. The summed E-state index contributed by atoms with van der Waals surface area (Å²) in [7, 11) is 3.56. The summed E-state index contributed by atoms with van der Waals surface area (Å²) in [6.45, 7) is 8.27. The minimum absolute atomic E-state index is 0.111. The Morgan fingerprint density at radius 2 is 2.21 bits per heavy atom. The van der Waals surface area contributed by atoms with Gasteiger partial charge >= 0.3 is 6.03 Å². The van der Waals surface area contributed by atoms with Gasteiger partial charge in [0.15, 0.2) is 5.82 Å². The first kappa shape index (κ1) is 18.7. The number of rotatable bonds is 7. The fourth-order valence-electron chi connectivity index (χ4n) is 2.93. The lowest BCUT2D eigenvalue weighted by atomic mass is 9.96. The summed E-state index contributed by atoms with van der Waals surface area (Å²) in [5, 5.41) is 6.65. The summed E-state index contributed by atoms with van der Waals surface area (Å²) in [6, 6.07) is -0.405. The Morgan fingerprint density at radius 1 is 1.50 bits per heavy atom. The van der Waals surface area contributed by atoms with Crippen LogP contribution in [0.15, 0.2) is 4.52 Å². The summed E-state index contributed by atoms with van der Waals surface area (Å²) in [4.78, 5) is 20.6. The molecule has 1 unspecified atom stereocenters. The van der Waals surface area contributed by atoms with Crippen LogP contribution in [0.5, 0.6) is 0 Å². The molecule has 136 valence electrons. The minimum Gasteiger partial charge on any atom is -0.383 e. The van der Waals surface area contributed by atoms with Crippen molar-refractivity contribution in [2.24, 2.45) is 5.92 Å². The molecule has 0 aliphatic carbocycles. The lowest BCUT2D eigenvalue weighted by Crippen LogP contribution is -2.44. The number of methoxy groups -OCH3 is 1. The second kappa shape index (κ2) is 8.98. The Labute approximate surface area is 143 Å². The van der Waals surface area contributed by atoms with Crippen LogP contribution < -0.4 is 5.32 Å². The fraction of sp³-hybridized carbons (Fsp3) is 0.812. The number of carbonyl (C=O) groups excluding carboxylic acids is 1. The summed E-state index contributed by atoms with van der Waals surface area (Å²) >= 11 is 0. The lowest BCUT2D eigenvalue weighted by Gasteiger charge is -2.33. The molecule has 24 heavy (non-hydrogen) atoms. The molecule has 2 rings (SSSR count). The number of hydrogen-bond acceptors (Lipinski definition) is 6. The number of aryl methyl sites for hydroxylation is 1. The van der Waals surface area contributed by atoms with E-state index in [1.807, 2.05) is 14.0 Å². The van der Waals surface area contributed by atoms with Crippen molar-refractivity contribution in [2.75, 3.05) is 46.9 Å². The third-order valence-electron chi connectivity index (χ3n) is 4.45. The van der Waals surface area contributed by atoms with Crippen LogP contribution in [0, 0.1) is 12.8 Å². The third kappa shape index (κ3) is 5.45. The van der Waals surface area contributed by atoms with E-state index in [9.17, 15) is 4.79 Å². The number of urea groups is 1. The number of nitrogens with one attached hydrogen (secondary N) is 1. The molecule has 1 aromatic rings. The largest absolute Gasteiger partial charge is 0.383 e. The number of nitrogens with zero attached hydrogens (tertiary/aromatic N) is 4. The Balaban J connectivity index is 1.72. The minimum atomic E-state index is -0.294. The molecule has 0 radical (unpaired) electrons. The smallest absolute Gasteiger partial charge is 0.317 e. The van der Waals surface area contributed by atoms with E-state index >= 15 is 0 Å². The molecule has 0 aromatic carbocycles. The van der Waals surface area contributed by atoms with Gasteiger partial charge in [0.25, 0.3) is 0 Å². The van der Waals surface area contributed by atoms with Gasteiger partial charge in [0.2, 0.25) is 5.89 Å². The molecule has 0 saturated carbocycles. The van der Waals surface area contributed by atoms with Crippen molar-refractivity contribution in [2.45, 2.75) is 32.7 Å². The molecule has 0 bridgehead atoms. The molecular weight excluding hydrogens is 310 g/mol. The van der Waals surface area contributed by atoms with Crippen molar-refractivity contribution >= 4 is 6.03 Å². The van der Waals surface area contributed by atoms with Gasteiger partial charge in [-0.2, -0.15) is 4.98 Å². The normalized spacial score (nSPS) is 17.7. The molecule has 0 spiro atoms. The summed E-state index contributed by atoms with van der Waals surface area (Å²) in [5.41, 5.74) is 0. The first-order chi connectivity index (χ1) is 11.5. The Hall–Kier alpha value is -1.67. The van der Waals surface area contributed by atoms with E-state index in [0.717, 1.165) is 45.6 Å². The van der Waals surface area contributed by atoms with Gasteiger partial charge < -0.3 is 24.4 Å². The zero-order valence-corrected chi connectivity index (χ0v) is 15.1. The zero-order valence-electron chi connectivity index (χ0n) is 15.1. The van der Waals surface area contributed by atoms with Crippen molar-refractivity contribution in [3.63, 3.8) is 0 Å². The van der Waals surface area contributed by atoms with Crippen molar-refractivity contribution in [1.29, 1.82) is 0 Å². The number of hydrogen-bond donors (Lipinski definition) is 1. The zero-order chi connectivity index (χ0) is 17.5. The predicted molar refractivity (Wildman–Crippen MR) is 89.7 cm³/mol. The van der Waals surface area contributed by atoms with Gasteiger partial charge in [0.05, 0.1) is 6.61 Å². The Kier molecular flexibility index (Phi) is 6.99.